The van der Waals surface area contributed by atoms with Crippen LogP contribution in [-0.4, -0.2) is 47.2 Å². The number of rotatable bonds is 4. The highest BCUT2D eigenvalue weighted by molar-refractivity contribution is 5.76. The van der Waals surface area contributed by atoms with Gasteiger partial charge in [0.25, 0.3) is 0 Å². The molecule has 4 rings (SSSR count). The molecule has 1 aromatic carbocycles. The van der Waals surface area contributed by atoms with Crippen molar-refractivity contribution in [3.05, 3.63) is 59.8 Å². The number of aromatic hydroxyl groups is 1. The summed E-state index contributed by atoms with van der Waals surface area (Å²) in [6.45, 7) is 3.92. The predicted molar refractivity (Wildman–Crippen MR) is 119 cm³/mol. The minimum atomic E-state index is -0.0485. The number of urea groups is 1. The summed E-state index contributed by atoms with van der Waals surface area (Å²) in [4.78, 5) is 21.3. The van der Waals surface area contributed by atoms with Gasteiger partial charge in [-0.15, -0.1) is 0 Å². The standard InChI is InChI=1S/C24H30N4O2/c29-22-8-6-20(7-9-22)21-11-15-28(16-12-21)24(30)26-18-19-5-10-23(25-17-19)27-13-3-1-2-4-14-27/h5-11,17,29H,1-4,12-16,18H2,(H,26,30). The summed E-state index contributed by atoms with van der Waals surface area (Å²) in [5.74, 6) is 1.31. The molecule has 3 heterocycles. The molecule has 0 aliphatic carbocycles. The molecule has 0 unspecified atom stereocenters. The van der Waals surface area contributed by atoms with Crippen molar-refractivity contribution in [2.75, 3.05) is 31.1 Å². The number of phenolic OH excluding ortho intramolecular Hbond substituents is 1. The van der Waals surface area contributed by atoms with Gasteiger partial charge in [0, 0.05) is 38.9 Å². The van der Waals surface area contributed by atoms with Crippen LogP contribution >= 0.6 is 0 Å². The monoisotopic (exact) mass is 406 g/mol. The van der Waals surface area contributed by atoms with Crippen LogP contribution in [0.1, 0.15) is 43.2 Å². The Morgan fingerprint density at radius 2 is 1.77 bits per heavy atom. The Kier molecular flexibility index (Phi) is 6.52. The van der Waals surface area contributed by atoms with Crippen molar-refractivity contribution in [3.63, 3.8) is 0 Å². The van der Waals surface area contributed by atoms with Gasteiger partial charge in [-0.25, -0.2) is 9.78 Å². The Morgan fingerprint density at radius 3 is 2.40 bits per heavy atom. The molecule has 30 heavy (non-hydrogen) atoms. The molecule has 2 aromatic rings. The van der Waals surface area contributed by atoms with Gasteiger partial charge in [-0.2, -0.15) is 0 Å². The smallest absolute Gasteiger partial charge is 0.317 e. The van der Waals surface area contributed by atoms with Crippen LogP contribution in [0.3, 0.4) is 0 Å². The third-order valence-electron chi connectivity index (χ3n) is 5.92. The van der Waals surface area contributed by atoms with E-state index >= 15 is 0 Å². The maximum Gasteiger partial charge on any atom is 0.317 e. The van der Waals surface area contributed by atoms with Gasteiger partial charge in [-0.1, -0.05) is 37.1 Å². The van der Waals surface area contributed by atoms with E-state index in [1.165, 1.54) is 31.3 Å². The fraction of sp³-hybridized carbons (Fsp3) is 0.417. The van der Waals surface area contributed by atoms with E-state index in [4.69, 9.17) is 0 Å². The molecule has 0 bridgehead atoms. The molecule has 0 spiro atoms. The SMILES string of the molecule is O=C(NCc1ccc(N2CCCCCC2)nc1)N1CC=C(c2ccc(O)cc2)CC1. The first-order valence-corrected chi connectivity index (χ1v) is 10.9. The number of hydrogen-bond acceptors (Lipinski definition) is 4. The molecule has 0 atom stereocenters. The van der Waals surface area contributed by atoms with Gasteiger partial charge < -0.3 is 20.2 Å². The number of carbonyl (C=O) groups is 1. The second-order valence-electron chi connectivity index (χ2n) is 8.06. The normalized spacial score (nSPS) is 17.3. The fourth-order valence-corrected chi connectivity index (χ4v) is 4.09. The van der Waals surface area contributed by atoms with E-state index in [9.17, 15) is 9.90 Å². The molecule has 6 heteroatoms. The minimum absolute atomic E-state index is 0.0485. The molecule has 0 radical (unpaired) electrons. The molecule has 1 aromatic heterocycles. The van der Waals surface area contributed by atoms with Crippen molar-refractivity contribution in [3.8, 4) is 5.75 Å². The van der Waals surface area contributed by atoms with Gasteiger partial charge >= 0.3 is 6.03 Å². The molecular formula is C24H30N4O2. The Labute approximate surface area is 178 Å². The molecule has 2 amide bonds. The molecule has 1 saturated heterocycles. The quantitative estimate of drug-likeness (QED) is 0.800. The molecule has 158 valence electrons. The van der Waals surface area contributed by atoms with E-state index in [1.807, 2.05) is 23.2 Å². The number of benzene rings is 1. The van der Waals surface area contributed by atoms with Gasteiger partial charge in [0.15, 0.2) is 0 Å². The first kappa shape index (κ1) is 20.3. The predicted octanol–water partition coefficient (Wildman–Crippen LogP) is 4.17. The highest BCUT2D eigenvalue weighted by Gasteiger charge is 2.18. The van der Waals surface area contributed by atoms with Crippen molar-refractivity contribution in [2.24, 2.45) is 0 Å². The lowest BCUT2D eigenvalue weighted by atomic mass is 9.99. The second-order valence-corrected chi connectivity index (χ2v) is 8.06. The van der Waals surface area contributed by atoms with Crippen LogP contribution in [0.2, 0.25) is 0 Å². The average Bonchev–Trinajstić information content (AvgIpc) is 3.08. The summed E-state index contributed by atoms with van der Waals surface area (Å²) in [7, 11) is 0. The van der Waals surface area contributed by atoms with Crippen LogP contribution < -0.4 is 10.2 Å². The molecule has 2 aliphatic rings. The number of nitrogens with zero attached hydrogens (tertiary/aromatic N) is 3. The summed E-state index contributed by atoms with van der Waals surface area (Å²) in [6.07, 6.45) is 9.86. The van der Waals surface area contributed by atoms with Crippen molar-refractivity contribution >= 4 is 17.4 Å². The number of aromatic nitrogens is 1. The Morgan fingerprint density at radius 1 is 1.00 bits per heavy atom. The average molecular weight is 407 g/mol. The summed E-state index contributed by atoms with van der Waals surface area (Å²) >= 11 is 0. The number of carbonyl (C=O) groups excluding carboxylic acids is 1. The number of anilines is 1. The van der Waals surface area contributed by atoms with E-state index in [1.54, 1.807) is 12.1 Å². The van der Waals surface area contributed by atoms with Crippen molar-refractivity contribution in [2.45, 2.75) is 38.6 Å². The van der Waals surface area contributed by atoms with Crippen LogP contribution in [0.15, 0.2) is 48.7 Å². The minimum Gasteiger partial charge on any atom is -0.508 e. The molecule has 2 aliphatic heterocycles. The Hall–Kier alpha value is -3.02. The number of phenols is 1. The lowest BCUT2D eigenvalue weighted by Gasteiger charge is -2.27. The van der Waals surface area contributed by atoms with Crippen LogP contribution in [0.5, 0.6) is 5.75 Å². The highest BCUT2D eigenvalue weighted by Crippen LogP contribution is 2.24. The topological polar surface area (TPSA) is 68.7 Å². The Bertz CT molecular complexity index is 869. The second kappa shape index (κ2) is 9.65. The van der Waals surface area contributed by atoms with Gasteiger partial charge in [-0.3, -0.25) is 0 Å². The lowest BCUT2D eigenvalue weighted by molar-refractivity contribution is 0.202. The Balaban J connectivity index is 1.27. The molecular weight excluding hydrogens is 376 g/mol. The van der Waals surface area contributed by atoms with Gasteiger partial charge in [0.05, 0.1) is 0 Å². The van der Waals surface area contributed by atoms with E-state index in [0.717, 1.165) is 36.5 Å². The number of hydrogen-bond donors (Lipinski definition) is 2. The zero-order valence-corrected chi connectivity index (χ0v) is 17.4. The highest BCUT2D eigenvalue weighted by atomic mass is 16.3. The summed E-state index contributed by atoms with van der Waals surface area (Å²) in [5.41, 5.74) is 3.33. The zero-order chi connectivity index (χ0) is 20.8. The largest absolute Gasteiger partial charge is 0.508 e. The summed E-state index contributed by atoms with van der Waals surface area (Å²) in [5, 5.41) is 12.4. The van der Waals surface area contributed by atoms with Gasteiger partial charge in [0.1, 0.15) is 11.6 Å². The van der Waals surface area contributed by atoms with Crippen molar-refractivity contribution in [1.29, 1.82) is 0 Å². The van der Waals surface area contributed by atoms with E-state index in [2.05, 4.69) is 33.4 Å². The molecule has 6 nitrogen and oxygen atoms in total. The summed E-state index contributed by atoms with van der Waals surface area (Å²) in [6, 6.07) is 11.3. The van der Waals surface area contributed by atoms with E-state index < -0.39 is 0 Å². The summed E-state index contributed by atoms with van der Waals surface area (Å²) < 4.78 is 0. The van der Waals surface area contributed by atoms with Crippen LogP contribution in [0.4, 0.5) is 10.6 Å². The number of amides is 2. The third kappa shape index (κ3) is 5.12. The van der Waals surface area contributed by atoms with E-state index in [0.29, 0.717) is 19.6 Å². The zero-order valence-electron chi connectivity index (χ0n) is 17.4. The first-order valence-electron chi connectivity index (χ1n) is 10.9. The maximum absolute atomic E-state index is 12.5. The first-order chi connectivity index (χ1) is 14.7. The van der Waals surface area contributed by atoms with Crippen molar-refractivity contribution < 1.29 is 9.90 Å². The number of nitrogens with one attached hydrogen (secondary N) is 1. The molecule has 1 fully saturated rings. The van der Waals surface area contributed by atoms with E-state index in [-0.39, 0.29) is 11.8 Å². The fourth-order valence-electron chi connectivity index (χ4n) is 4.09. The lowest BCUT2D eigenvalue weighted by Crippen LogP contribution is -2.41. The van der Waals surface area contributed by atoms with Gasteiger partial charge in [0.2, 0.25) is 0 Å². The van der Waals surface area contributed by atoms with Crippen LogP contribution in [-0.2, 0) is 6.54 Å². The maximum atomic E-state index is 12.5. The molecule has 2 N–H and O–H groups in total. The van der Waals surface area contributed by atoms with Crippen LogP contribution in [0, 0.1) is 0 Å². The van der Waals surface area contributed by atoms with Crippen LogP contribution in [0.25, 0.3) is 5.57 Å². The molecule has 0 saturated carbocycles. The number of pyridine rings is 1. The van der Waals surface area contributed by atoms with Crippen molar-refractivity contribution in [1.82, 2.24) is 15.2 Å². The third-order valence-corrected chi connectivity index (χ3v) is 5.92. The van der Waals surface area contributed by atoms with Gasteiger partial charge in [-0.05, 0) is 54.2 Å².